The van der Waals surface area contributed by atoms with Crippen LogP contribution in [0.4, 0.5) is 19.0 Å². The van der Waals surface area contributed by atoms with E-state index in [9.17, 15) is 13.2 Å². The number of rotatable bonds is 4. The fourth-order valence-electron chi connectivity index (χ4n) is 2.72. The zero-order chi connectivity index (χ0) is 15.6. The molecule has 7 heteroatoms. The van der Waals surface area contributed by atoms with Crippen LogP contribution in [0.1, 0.15) is 43.1 Å². The van der Waals surface area contributed by atoms with Crippen molar-refractivity contribution in [1.29, 1.82) is 0 Å². The van der Waals surface area contributed by atoms with Crippen LogP contribution in [0.2, 0.25) is 0 Å². The highest BCUT2D eigenvalue weighted by atomic mass is 19.4. The van der Waals surface area contributed by atoms with E-state index in [1.54, 1.807) is 0 Å². The molecule has 1 saturated carbocycles. The van der Waals surface area contributed by atoms with E-state index in [2.05, 4.69) is 15.4 Å². The highest BCUT2D eigenvalue weighted by molar-refractivity contribution is 5.36. The molecule has 118 valence electrons. The molecule has 1 aliphatic carbocycles. The molecule has 1 aliphatic rings. The van der Waals surface area contributed by atoms with Crippen LogP contribution in [0.5, 0.6) is 0 Å². The second-order valence-corrected chi connectivity index (χ2v) is 5.48. The maximum Gasteiger partial charge on any atom is 0.433 e. The van der Waals surface area contributed by atoms with Gasteiger partial charge in [-0.15, -0.1) is 0 Å². The predicted octanol–water partition coefficient (Wildman–Crippen LogP) is 4.02. The number of hydrogen-bond acceptors (Lipinski definition) is 3. The topological polar surface area (TPSA) is 42.7 Å². The molecule has 3 rings (SSSR count). The van der Waals surface area contributed by atoms with Gasteiger partial charge in [-0.2, -0.15) is 18.3 Å². The normalized spacial score (nSPS) is 16.1. The van der Waals surface area contributed by atoms with Gasteiger partial charge in [-0.25, -0.2) is 4.98 Å². The van der Waals surface area contributed by atoms with Crippen molar-refractivity contribution in [2.75, 3.05) is 5.32 Å². The van der Waals surface area contributed by atoms with Gasteiger partial charge in [-0.05, 0) is 31.0 Å². The summed E-state index contributed by atoms with van der Waals surface area (Å²) < 4.78 is 39.8. The predicted molar refractivity (Wildman–Crippen MR) is 76.3 cm³/mol. The van der Waals surface area contributed by atoms with Crippen molar-refractivity contribution in [3.63, 3.8) is 0 Å². The maximum atomic E-state index is 12.6. The highest BCUT2D eigenvalue weighted by Crippen LogP contribution is 2.29. The SMILES string of the molecule is FC(F)(F)c1cccc(NCc2ccn(C3CCCC3)n2)n1. The molecular formula is C15H17F3N4. The molecular weight excluding hydrogens is 293 g/mol. The molecule has 1 fully saturated rings. The van der Waals surface area contributed by atoms with Gasteiger partial charge in [-0.3, -0.25) is 4.68 Å². The summed E-state index contributed by atoms with van der Waals surface area (Å²) in [6.45, 7) is 0.355. The molecule has 0 spiro atoms. The van der Waals surface area contributed by atoms with Gasteiger partial charge >= 0.3 is 6.18 Å². The summed E-state index contributed by atoms with van der Waals surface area (Å²) in [5.41, 5.74) is -0.0971. The molecule has 2 aromatic heterocycles. The molecule has 22 heavy (non-hydrogen) atoms. The summed E-state index contributed by atoms with van der Waals surface area (Å²) in [4.78, 5) is 3.57. The van der Waals surface area contributed by atoms with E-state index >= 15 is 0 Å². The Hall–Kier alpha value is -2.05. The summed E-state index contributed by atoms with van der Waals surface area (Å²) in [5.74, 6) is 0.199. The number of alkyl halides is 3. The minimum absolute atomic E-state index is 0.199. The lowest BCUT2D eigenvalue weighted by molar-refractivity contribution is -0.141. The van der Waals surface area contributed by atoms with Gasteiger partial charge in [0.1, 0.15) is 11.5 Å². The fourth-order valence-corrected chi connectivity index (χ4v) is 2.72. The molecule has 2 heterocycles. The van der Waals surface area contributed by atoms with E-state index < -0.39 is 11.9 Å². The lowest BCUT2D eigenvalue weighted by atomic mass is 10.3. The van der Waals surface area contributed by atoms with Crippen molar-refractivity contribution in [3.05, 3.63) is 41.9 Å². The molecule has 0 unspecified atom stereocenters. The van der Waals surface area contributed by atoms with Crippen LogP contribution < -0.4 is 5.32 Å². The maximum absolute atomic E-state index is 12.6. The third-order valence-corrected chi connectivity index (χ3v) is 3.85. The van der Waals surface area contributed by atoms with Gasteiger partial charge in [-0.1, -0.05) is 18.9 Å². The number of anilines is 1. The van der Waals surface area contributed by atoms with Crippen LogP contribution in [0.25, 0.3) is 0 Å². The molecule has 2 aromatic rings. The Balaban J connectivity index is 1.63. The van der Waals surface area contributed by atoms with E-state index in [0.29, 0.717) is 12.6 Å². The number of aromatic nitrogens is 3. The average Bonchev–Trinajstić information content (AvgIpc) is 3.15. The first-order valence-electron chi connectivity index (χ1n) is 7.34. The first-order valence-corrected chi connectivity index (χ1v) is 7.34. The average molecular weight is 310 g/mol. The number of hydrogen-bond donors (Lipinski definition) is 1. The third-order valence-electron chi connectivity index (χ3n) is 3.85. The zero-order valence-corrected chi connectivity index (χ0v) is 12.0. The van der Waals surface area contributed by atoms with Gasteiger partial charge < -0.3 is 5.32 Å². The first-order chi connectivity index (χ1) is 10.5. The van der Waals surface area contributed by atoms with Crippen LogP contribution in [-0.4, -0.2) is 14.8 Å². The van der Waals surface area contributed by atoms with E-state index in [1.807, 2.05) is 16.9 Å². The van der Waals surface area contributed by atoms with Crippen LogP contribution in [0, 0.1) is 0 Å². The van der Waals surface area contributed by atoms with Crippen LogP contribution in [0.15, 0.2) is 30.5 Å². The number of nitrogens with one attached hydrogen (secondary N) is 1. The third kappa shape index (κ3) is 3.40. The summed E-state index contributed by atoms with van der Waals surface area (Å²) in [7, 11) is 0. The Morgan fingerprint density at radius 1 is 1.18 bits per heavy atom. The summed E-state index contributed by atoms with van der Waals surface area (Å²) in [5, 5.41) is 7.37. The standard InChI is InChI=1S/C15H17F3N4/c16-15(17,18)13-6-3-7-14(20-13)19-10-11-8-9-22(21-11)12-4-1-2-5-12/h3,6-9,12H,1-2,4-5,10H2,(H,19,20). The van der Waals surface area contributed by atoms with Crippen molar-refractivity contribution in [2.45, 2.75) is 44.4 Å². The zero-order valence-electron chi connectivity index (χ0n) is 12.0. The smallest absolute Gasteiger partial charge is 0.364 e. The van der Waals surface area contributed by atoms with Crippen LogP contribution >= 0.6 is 0 Å². The molecule has 0 radical (unpaired) electrons. The first kappa shape index (κ1) is 14.9. The van der Waals surface area contributed by atoms with Crippen molar-refractivity contribution in [3.8, 4) is 0 Å². The minimum Gasteiger partial charge on any atom is -0.364 e. The van der Waals surface area contributed by atoms with Crippen molar-refractivity contribution < 1.29 is 13.2 Å². The molecule has 0 saturated heterocycles. The lowest BCUT2D eigenvalue weighted by Crippen LogP contribution is -2.11. The lowest BCUT2D eigenvalue weighted by Gasteiger charge is -2.10. The Morgan fingerprint density at radius 2 is 1.95 bits per heavy atom. The highest BCUT2D eigenvalue weighted by Gasteiger charge is 2.32. The summed E-state index contributed by atoms with van der Waals surface area (Å²) in [6.07, 6.45) is 2.25. The molecule has 0 bridgehead atoms. The van der Waals surface area contributed by atoms with Crippen LogP contribution in [0.3, 0.4) is 0 Å². The Morgan fingerprint density at radius 3 is 2.68 bits per heavy atom. The summed E-state index contributed by atoms with van der Waals surface area (Å²) in [6, 6.07) is 6.16. The molecule has 0 atom stereocenters. The fraction of sp³-hybridized carbons (Fsp3) is 0.467. The van der Waals surface area contributed by atoms with Gasteiger partial charge in [0.25, 0.3) is 0 Å². The Labute approximate surface area is 126 Å². The second-order valence-electron chi connectivity index (χ2n) is 5.48. The molecule has 1 N–H and O–H groups in total. The van der Waals surface area contributed by atoms with E-state index in [-0.39, 0.29) is 5.82 Å². The Bertz CT molecular complexity index is 630. The van der Waals surface area contributed by atoms with E-state index in [4.69, 9.17) is 0 Å². The monoisotopic (exact) mass is 310 g/mol. The molecule has 4 nitrogen and oxygen atoms in total. The van der Waals surface area contributed by atoms with Crippen LogP contribution in [-0.2, 0) is 12.7 Å². The molecule has 0 aliphatic heterocycles. The summed E-state index contributed by atoms with van der Waals surface area (Å²) >= 11 is 0. The minimum atomic E-state index is -4.43. The van der Waals surface area contributed by atoms with Crippen molar-refractivity contribution >= 4 is 5.82 Å². The van der Waals surface area contributed by atoms with E-state index in [1.165, 1.54) is 25.0 Å². The largest absolute Gasteiger partial charge is 0.433 e. The Kier molecular flexibility index (Phi) is 4.04. The van der Waals surface area contributed by atoms with Gasteiger partial charge in [0, 0.05) is 6.20 Å². The van der Waals surface area contributed by atoms with Gasteiger partial charge in [0.15, 0.2) is 0 Å². The molecule has 0 amide bonds. The molecule has 0 aromatic carbocycles. The second kappa shape index (κ2) is 5.98. The van der Waals surface area contributed by atoms with Crippen molar-refractivity contribution in [1.82, 2.24) is 14.8 Å². The van der Waals surface area contributed by atoms with Gasteiger partial charge in [0.05, 0.1) is 18.3 Å². The van der Waals surface area contributed by atoms with E-state index in [0.717, 1.165) is 24.6 Å². The quantitative estimate of drug-likeness (QED) is 0.927. The van der Waals surface area contributed by atoms with Crippen molar-refractivity contribution in [2.24, 2.45) is 0 Å². The number of nitrogens with zero attached hydrogens (tertiary/aromatic N) is 3. The number of pyridine rings is 1. The van der Waals surface area contributed by atoms with Gasteiger partial charge in [0.2, 0.25) is 0 Å². The number of halogens is 3.